The van der Waals surface area contributed by atoms with Crippen molar-refractivity contribution >= 4 is 17.4 Å². The van der Waals surface area contributed by atoms with E-state index in [-0.39, 0.29) is 0 Å². The fourth-order valence-corrected chi connectivity index (χ4v) is 2.53. The number of amides is 2. The van der Waals surface area contributed by atoms with E-state index in [0.29, 0.717) is 5.69 Å². The van der Waals surface area contributed by atoms with Gasteiger partial charge in [-0.15, -0.1) is 0 Å². The molecule has 0 atom stereocenters. The molecule has 3 rings (SSSR count). The Kier molecular flexibility index (Phi) is 3.77. The maximum Gasteiger partial charge on any atom is 0.316 e. The van der Waals surface area contributed by atoms with Crippen molar-refractivity contribution in [1.82, 2.24) is 0 Å². The van der Waals surface area contributed by atoms with Crippen molar-refractivity contribution in [1.29, 1.82) is 0 Å². The van der Waals surface area contributed by atoms with Gasteiger partial charge in [-0.05, 0) is 48.1 Å². The molecule has 0 saturated heterocycles. The second kappa shape index (κ2) is 5.87. The van der Waals surface area contributed by atoms with Gasteiger partial charge in [0.15, 0.2) is 0 Å². The molecule has 1 aliphatic rings. The number of nitrogens with one attached hydrogen (secondary N) is 2. The molecule has 0 heterocycles. The third-order valence-corrected chi connectivity index (χ3v) is 3.69. The number of carbonyl (C=O) groups is 1. The summed E-state index contributed by atoms with van der Waals surface area (Å²) < 4.78 is 0. The number of hydrogen-bond acceptors (Lipinski definition) is 2. The molecule has 0 aromatic heterocycles. The van der Waals surface area contributed by atoms with Gasteiger partial charge in [-0.2, -0.15) is 0 Å². The lowest BCUT2D eigenvalue weighted by Crippen LogP contribution is -2.19. The molecule has 0 radical (unpaired) electrons. The van der Waals surface area contributed by atoms with Crippen molar-refractivity contribution in [2.24, 2.45) is 5.73 Å². The third-order valence-electron chi connectivity index (χ3n) is 3.69. The van der Waals surface area contributed by atoms with Crippen LogP contribution in [-0.2, 0) is 6.54 Å². The van der Waals surface area contributed by atoms with Crippen LogP contribution in [0.25, 0.3) is 0 Å². The lowest BCUT2D eigenvalue weighted by atomic mass is 10.0. The first kappa shape index (κ1) is 13.5. The number of carbonyl (C=O) groups excluding carboxylic acids is 1. The highest BCUT2D eigenvalue weighted by Gasteiger charge is 2.25. The van der Waals surface area contributed by atoms with Crippen LogP contribution in [0.2, 0.25) is 0 Å². The van der Waals surface area contributed by atoms with Gasteiger partial charge in [-0.1, -0.05) is 30.3 Å². The Balaban J connectivity index is 1.69. The number of benzene rings is 2. The summed E-state index contributed by atoms with van der Waals surface area (Å²) in [4.78, 5) is 10.9. The molecule has 21 heavy (non-hydrogen) atoms. The molecule has 0 unspecified atom stereocenters. The van der Waals surface area contributed by atoms with Crippen LogP contribution >= 0.6 is 0 Å². The molecule has 1 saturated carbocycles. The highest BCUT2D eigenvalue weighted by atomic mass is 16.2. The second-order valence-corrected chi connectivity index (χ2v) is 5.40. The molecular weight excluding hydrogens is 262 g/mol. The molecule has 4 nitrogen and oxygen atoms in total. The molecule has 2 amide bonds. The zero-order valence-electron chi connectivity index (χ0n) is 11.8. The molecule has 1 fully saturated rings. The Morgan fingerprint density at radius 2 is 1.86 bits per heavy atom. The summed E-state index contributed by atoms with van der Waals surface area (Å²) in [7, 11) is 0. The summed E-state index contributed by atoms with van der Waals surface area (Å²) in [6.45, 7) is 0.784. The van der Waals surface area contributed by atoms with E-state index in [2.05, 4.69) is 34.9 Å². The minimum Gasteiger partial charge on any atom is -0.381 e. The SMILES string of the molecule is NC(=O)Nc1cccc(NCc2ccccc2C2CC2)c1. The predicted molar refractivity (Wildman–Crippen MR) is 85.4 cm³/mol. The van der Waals surface area contributed by atoms with Crippen molar-refractivity contribution in [3.05, 3.63) is 59.7 Å². The van der Waals surface area contributed by atoms with E-state index >= 15 is 0 Å². The number of rotatable bonds is 5. The first-order valence-corrected chi connectivity index (χ1v) is 7.20. The van der Waals surface area contributed by atoms with Crippen molar-refractivity contribution in [2.45, 2.75) is 25.3 Å². The van der Waals surface area contributed by atoms with Gasteiger partial charge in [0.05, 0.1) is 0 Å². The third kappa shape index (κ3) is 3.54. The summed E-state index contributed by atoms with van der Waals surface area (Å²) in [6.07, 6.45) is 2.60. The largest absolute Gasteiger partial charge is 0.381 e. The van der Waals surface area contributed by atoms with Gasteiger partial charge in [0, 0.05) is 17.9 Å². The van der Waals surface area contributed by atoms with Crippen molar-refractivity contribution in [3.63, 3.8) is 0 Å². The van der Waals surface area contributed by atoms with Crippen LogP contribution < -0.4 is 16.4 Å². The summed E-state index contributed by atoms with van der Waals surface area (Å²) in [5.41, 5.74) is 9.59. The van der Waals surface area contributed by atoms with Crippen LogP contribution in [0.1, 0.15) is 29.9 Å². The summed E-state index contributed by atoms with van der Waals surface area (Å²) in [5, 5.41) is 5.99. The summed E-state index contributed by atoms with van der Waals surface area (Å²) in [5.74, 6) is 0.742. The Bertz CT molecular complexity index is 650. The van der Waals surface area contributed by atoms with Gasteiger partial charge in [0.25, 0.3) is 0 Å². The molecule has 0 aliphatic heterocycles. The Morgan fingerprint density at radius 3 is 2.62 bits per heavy atom. The van der Waals surface area contributed by atoms with Gasteiger partial charge in [0.2, 0.25) is 0 Å². The Morgan fingerprint density at radius 1 is 1.10 bits per heavy atom. The van der Waals surface area contributed by atoms with Gasteiger partial charge < -0.3 is 16.4 Å². The van der Waals surface area contributed by atoms with Gasteiger partial charge in [-0.3, -0.25) is 0 Å². The van der Waals surface area contributed by atoms with E-state index in [1.165, 1.54) is 24.0 Å². The van der Waals surface area contributed by atoms with Crippen LogP contribution in [0.5, 0.6) is 0 Å². The van der Waals surface area contributed by atoms with E-state index in [4.69, 9.17) is 5.73 Å². The zero-order chi connectivity index (χ0) is 14.7. The smallest absolute Gasteiger partial charge is 0.316 e. The number of primary amides is 1. The number of anilines is 2. The van der Waals surface area contributed by atoms with Crippen molar-refractivity contribution < 1.29 is 4.79 Å². The van der Waals surface area contributed by atoms with E-state index in [0.717, 1.165) is 18.2 Å². The van der Waals surface area contributed by atoms with Crippen LogP contribution in [-0.4, -0.2) is 6.03 Å². The van der Waals surface area contributed by atoms with E-state index in [1.807, 2.05) is 24.3 Å². The van der Waals surface area contributed by atoms with E-state index in [9.17, 15) is 4.79 Å². The van der Waals surface area contributed by atoms with E-state index in [1.54, 1.807) is 0 Å². The topological polar surface area (TPSA) is 67.2 Å². The second-order valence-electron chi connectivity index (χ2n) is 5.40. The Labute approximate surface area is 124 Å². The molecule has 2 aromatic carbocycles. The molecular formula is C17H19N3O. The molecule has 0 spiro atoms. The molecule has 2 aromatic rings. The molecule has 0 bridgehead atoms. The fourth-order valence-electron chi connectivity index (χ4n) is 2.53. The van der Waals surface area contributed by atoms with Crippen molar-refractivity contribution in [3.8, 4) is 0 Å². The average molecular weight is 281 g/mol. The minimum atomic E-state index is -0.550. The number of hydrogen-bond donors (Lipinski definition) is 3. The lowest BCUT2D eigenvalue weighted by molar-refractivity contribution is 0.259. The molecule has 1 aliphatic carbocycles. The van der Waals surface area contributed by atoms with Crippen LogP contribution in [0.15, 0.2) is 48.5 Å². The monoisotopic (exact) mass is 281 g/mol. The van der Waals surface area contributed by atoms with Crippen LogP contribution in [0, 0.1) is 0 Å². The quantitative estimate of drug-likeness (QED) is 0.782. The highest BCUT2D eigenvalue weighted by Crippen LogP contribution is 2.41. The standard InChI is InChI=1S/C17H19N3O/c18-17(21)20-15-6-3-5-14(10-15)19-11-13-4-1-2-7-16(13)12-8-9-12/h1-7,10,12,19H,8-9,11H2,(H3,18,20,21). The van der Waals surface area contributed by atoms with E-state index < -0.39 is 6.03 Å². The summed E-state index contributed by atoms with van der Waals surface area (Å²) in [6, 6.07) is 15.6. The highest BCUT2D eigenvalue weighted by molar-refractivity contribution is 5.88. The number of urea groups is 1. The predicted octanol–water partition coefficient (Wildman–Crippen LogP) is 3.67. The minimum absolute atomic E-state index is 0.550. The fraction of sp³-hybridized carbons (Fsp3) is 0.235. The maximum atomic E-state index is 10.9. The van der Waals surface area contributed by atoms with Crippen LogP contribution in [0.3, 0.4) is 0 Å². The average Bonchev–Trinajstić information content (AvgIpc) is 3.30. The molecule has 4 N–H and O–H groups in total. The summed E-state index contributed by atoms with van der Waals surface area (Å²) >= 11 is 0. The first-order chi connectivity index (χ1) is 10.2. The van der Waals surface area contributed by atoms with Gasteiger partial charge >= 0.3 is 6.03 Å². The van der Waals surface area contributed by atoms with Gasteiger partial charge in [0.1, 0.15) is 0 Å². The maximum absolute atomic E-state index is 10.9. The first-order valence-electron chi connectivity index (χ1n) is 7.20. The van der Waals surface area contributed by atoms with Crippen molar-refractivity contribution in [2.75, 3.05) is 10.6 Å². The Hall–Kier alpha value is -2.49. The molecule has 108 valence electrons. The normalized spacial score (nSPS) is 13.7. The van der Waals surface area contributed by atoms with Gasteiger partial charge in [-0.25, -0.2) is 4.79 Å². The zero-order valence-corrected chi connectivity index (χ0v) is 11.8. The molecule has 4 heteroatoms. The lowest BCUT2D eigenvalue weighted by Gasteiger charge is -2.12. The van der Waals surface area contributed by atoms with Crippen LogP contribution in [0.4, 0.5) is 16.2 Å². The number of nitrogens with two attached hydrogens (primary N) is 1.